The minimum Gasteiger partial charge on any atom is -0.362 e. The van der Waals surface area contributed by atoms with Crippen molar-refractivity contribution in [1.29, 1.82) is 0 Å². The lowest BCUT2D eigenvalue weighted by Crippen LogP contribution is -2.27. The second kappa shape index (κ2) is 8.34. The van der Waals surface area contributed by atoms with E-state index in [1.807, 2.05) is 12.3 Å². The minimum absolute atomic E-state index is 0.549. The summed E-state index contributed by atoms with van der Waals surface area (Å²) in [7, 11) is 4.15. The molecular weight excluding hydrogens is 372 g/mol. The average Bonchev–Trinajstić information content (AvgIpc) is 3.40. The van der Waals surface area contributed by atoms with E-state index >= 15 is 0 Å². The molecule has 30 heavy (non-hydrogen) atoms. The lowest BCUT2D eigenvalue weighted by atomic mass is 9.79. The Morgan fingerprint density at radius 1 is 1.07 bits per heavy atom. The third kappa shape index (κ3) is 4.06. The van der Waals surface area contributed by atoms with Gasteiger partial charge in [0.2, 0.25) is 0 Å². The highest BCUT2D eigenvalue weighted by molar-refractivity contribution is 5.89. The maximum absolute atomic E-state index is 4.98. The average molecular weight is 405 g/mol. The van der Waals surface area contributed by atoms with Crippen molar-refractivity contribution in [2.75, 3.05) is 25.5 Å². The zero-order valence-corrected chi connectivity index (χ0v) is 18.0. The molecule has 2 N–H and O–H groups in total. The van der Waals surface area contributed by atoms with Crippen molar-refractivity contribution in [3.8, 4) is 0 Å². The van der Waals surface area contributed by atoms with Crippen molar-refractivity contribution in [2.45, 2.75) is 44.6 Å². The number of hydrogen-bond donors (Lipinski definition) is 2. The number of anilines is 1. The molecule has 2 aliphatic carbocycles. The standard InChI is InChI=1S/C24H32N6/c1-30(2)24-19-5-3-4-6-22(19)27-23(28-24)21-13-20(21)17-9-7-16(8-10-17)14-25-15-18-11-12-26-29-18/h3-6,11-12,16-17,20-21,25H,7-10,13-15H2,1-2H3,(H,26,29). The van der Waals surface area contributed by atoms with Gasteiger partial charge in [-0.1, -0.05) is 12.1 Å². The summed E-state index contributed by atoms with van der Waals surface area (Å²) in [5.41, 5.74) is 2.24. The highest BCUT2D eigenvalue weighted by Crippen LogP contribution is 2.55. The molecule has 0 radical (unpaired) electrons. The normalized spacial score (nSPS) is 26.1. The molecule has 2 atom stereocenters. The molecule has 1 aromatic carbocycles. The minimum atomic E-state index is 0.549. The Hall–Kier alpha value is -2.47. The molecule has 6 heteroatoms. The predicted octanol–water partition coefficient (Wildman–Crippen LogP) is 4.12. The maximum Gasteiger partial charge on any atom is 0.139 e. The Morgan fingerprint density at radius 3 is 2.67 bits per heavy atom. The lowest BCUT2D eigenvalue weighted by molar-refractivity contribution is 0.243. The van der Waals surface area contributed by atoms with Crippen molar-refractivity contribution in [2.24, 2.45) is 17.8 Å². The molecule has 0 spiro atoms. The van der Waals surface area contributed by atoms with Gasteiger partial charge in [0.1, 0.15) is 11.6 Å². The number of rotatable bonds is 7. The summed E-state index contributed by atoms with van der Waals surface area (Å²) in [4.78, 5) is 12.1. The van der Waals surface area contributed by atoms with Crippen molar-refractivity contribution >= 4 is 16.7 Å². The summed E-state index contributed by atoms with van der Waals surface area (Å²) in [5, 5.41) is 11.8. The lowest BCUT2D eigenvalue weighted by Gasteiger charge is -2.29. The SMILES string of the molecule is CN(C)c1nc(C2CC2C2CCC(CNCc3ccn[nH]3)CC2)nc2ccccc12. The van der Waals surface area contributed by atoms with Crippen LogP contribution in [-0.2, 0) is 6.54 Å². The first-order valence-corrected chi connectivity index (χ1v) is 11.3. The molecular formula is C24H32N6. The van der Waals surface area contributed by atoms with Crippen LogP contribution in [0.25, 0.3) is 10.9 Å². The molecule has 158 valence electrons. The van der Waals surface area contributed by atoms with Gasteiger partial charge in [-0.25, -0.2) is 9.97 Å². The summed E-state index contributed by atoms with van der Waals surface area (Å²) in [6.07, 6.45) is 8.46. The van der Waals surface area contributed by atoms with E-state index in [0.29, 0.717) is 5.92 Å². The number of hydrogen-bond acceptors (Lipinski definition) is 5. The van der Waals surface area contributed by atoms with Crippen molar-refractivity contribution in [1.82, 2.24) is 25.5 Å². The molecule has 0 aliphatic heterocycles. The van der Waals surface area contributed by atoms with Crippen LogP contribution in [0.5, 0.6) is 0 Å². The van der Waals surface area contributed by atoms with E-state index in [1.165, 1.54) is 32.1 Å². The Morgan fingerprint density at radius 2 is 1.90 bits per heavy atom. The summed E-state index contributed by atoms with van der Waals surface area (Å²) >= 11 is 0. The fourth-order valence-corrected chi connectivity index (χ4v) is 5.23. The third-order valence-corrected chi connectivity index (χ3v) is 7.00. The number of para-hydroxylation sites is 1. The fraction of sp³-hybridized carbons (Fsp3) is 0.542. The predicted molar refractivity (Wildman–Crippen MR) is 120 cm³/mol. The van der Waals surface area contributed by atoms with Gasteiger partial charge in [-0.15, -0.1) is 0 Å². The second-order valence-electron chi connectivity index (χ2n) is 9.32. The van der Waals surface area contributed by atoms with Crippen LogP contribution < -0.4 is 10.2 Å². The van der Waals surface area contributed by atoms with E-state index in [0.717, 1.165) is 59.1 Å². The Labute approximate surface area is 178 Å². The zero-order chi connectivity index (χ0) is 20.5. The topological polar surface area (TPSA) is 69.7 Å². The fourth-order valence-electron chi connectivity index (χ4n) is 5.23. The van der Waals surface area contributed by atoms with Gasteiger partial charge in [-0.2, -0.15) is 5.10 Å². The third-order valence-electron chi connectivity index (χ3n) is 7.00. The van der Waals surface area contributed by atoms with E-state index < -0.39 is 0 Å². The second-order valence-corrected chi connectivity index (χ2v) is 9.32. The molecule has 2 saturated carbocycles. The summed E-state index contributed by atoms with van der Waals surface area (Å²) in [5.74, 6) is 5.09. The number of nitrogens with zero attached hydrogens (tertiary/aromatic N) is 4. The van der Waals surface area contributed by atoms with Gasteiger partial charge < -0.3 is 10.2 Å². The van der Waals surface area contributed by atoms with E-state index in [9.17, 15) is 0 Å². The van der Waals surface area contributed by atoms with Crippen molar-refractivity contribution in [3.05, 3.63) is 48.0 Å². The largest absolute Gasteiger partial charge is 0.362 e. The van der Waals surface area contributed by atoms with Gasteiger partial charge in [-0.3, -0.25) is 5.10 Å². The number of aromatic amines is 1. The van der Waals surface area contributed by atoms with Crippen LogP contribution in [-0.4, -0.2) is 40.8 Å². The zero-order valence-electron chi connectivity index (χ0n) is 18.0. The first kappa shape index (κ1) is 19.5. The van der Waals surface area contributed by atoms with Crippen LogP contribution in [0.1, 0.15) is 49.5 Å². The number of benzene rings is 1. The van der Waals surface area contributed by atoms with Gasteiger partial charge in [-0.05, 0) is 74.6 Å². The van der Waals surface area contributed by atoms with Gasteiger partial charge in [0.25, 0.3) is 0 Å². The Bertz CT molecular complexity index is 975. The van der Waals surface area contributed by atoms with E-state index in [4.69, 9.17) is 9.97 Å². The molecule has 0 amide bonds. The van der Waals surface area contributed by atoms with Crippen molar-refractivity contribution in [3.63, 3.8) is 0 Å². The molecule has 2 aromatic heterocycles. The van der Waals surface area contributed by atoms with Crippen LogP contribution in [0.4, 0.5) is 5.82 Å². The summed E-state index contributed by atoms with van der Waals surface area (Å²) in [6, 6.07) is 10.4. The molecule has 2 aliphatic rings. The highest BCUT2D eigenvalue weighted by Gasteiger charge is 2.46. The van der Waals surface area contributed by atoms with Gasteiger partial charge in [0.05, 0.1) is 5.52 Å². The number of fused-ring (bicyclic) bond motifs is 1. The Balaban J connectivity index is 1.17. The molecule has 3 aromatic rings. The maximum atomic E-state index is 4.98. The quantitative estimate of drug-likeness (QED) is 0.620. The molecule has 0 saturated heterocycles. The van der Waals surface area contributed by atoms with Crippen LogP contribution in [0, 0.1) is 17.8 Å². The molecule has 5 rings (SSSR count). The van der Waals surface area contributed by atoms with E-state index in [1.54, 1.807) is 0 Å². The van der Waals surface area contributed by atoms with Gasteiger partial charge in [0.15, 0.2) is 0 Å². The molecule has 2 heterocycles. The molecule has 0 bridgehead atoms. The summed E-state index contributed by atoms with van der Waals surface area (Å²) < 4.78 is 0. The molecule has 2 unspecified atom stereocenters. The molecule has 2 fully saturated rings. The van der Waals surface area contributed by atoms with Gasteiger partial charge >= 0.3 is 0 Å². The highest BCUT2D eigenvalue weighted by atomic mass is 15.2. The number of nitrogens with one attached hydrogen (secondary N) is 2. The van der Waals surface area contributed by atoms with E-state index in [-0.39, 0.29) is 0 Å². The Kier molecular flexibility index (Phi) is 5.42. The van der Waals surface area contributed by atoms with Crippen LogP contribution in [0.15, 0.2) is 36.5 Å². The first-order valence-electron chi connectivity index (χ1n) is 11.3. The smallest absolute Gasteiger partial charge is 0.139 e. The van der Waals surface area contributed by atoms with Gasteiger partial charge in [0, 0.05) is 43.8 Å². The summed E-state index contributed by atoms with van der Waals surface area (Å²) in [6.45, 7) is 2.00. The van der Waals surface area contributed by atoms with E-state index in [2.05, 4.69) is 58.8 Å². The van der Waals surface area contributed by atoms with Crippen LogP contribution >= 0.6 is 0 Å². The van der Waals surface area contributed by atoms with Crippen LogP contribution in [0.3, 0.4) is 0 Å². The number of aromatic nitrogens is 4. The van der Waals surface area contributed by atoms with Crippen LogP contribution in [0.2, 0.25) is 0 Å². The van der Waals surface area contributed by atoms with Crippen molar-refractivity contribution < 1.29 is 0 Å². The monoisotopic (exact) mass is 404 g/mol. The number of H-pyrrole nitrogens is 1. The molecule has 6 nitrogen and oxygen atoms in total. The first-order chi connectivity index (χ1) is 14.7.